The Morgan fingerprint density at radius 2 is 1.79 bits per heavy atom. The SMILES string of the molecule is CCOc1cc([C@H]2C(C#N)=C(N)Oc3cc4c(cc32)OCO4)cc(I)c1OCc1cccc2ccccc12. The highest BCUT2D eigenvalue weighted by molar-refractivity contribution is 14.1. The summed E-state index contributed by atoms with van der Waals surface area (Å²) in [5, 5.41) is 12.3. The van der Waals surface area contributed by atoms with E-state index in [4.69, 9.17) is 29.4 Å². The van der Waals surface area contributed by atoms with E-state index in [1.54, 1.807) is 6.07 Å². The van der Waals surface area contributed by atoms with Crippen LogP contribution in [0.2, 0.25) is 0 Å². The second-order valence-electron chi connectivity index (χ2n) is 8.86. The maximum atomic E-state index is 10.0. The standard InChI is InChI=1S/C30H23IN2O5/c1-2-34-27-11-19(10-23(31)29(27)35-15-18-8-5-7-17-6-3-4-9-20(17)18)28-21-12-25-26(37-16-36-25)13-24(21)38-30(33)22(28)14-32/h3-13,28H,2,15-16,33H2,1H3/t28-/m1/s1. The van der Waals surface area contributed by atoms with Gasteiger partial charge in [-0.15, -0.1) is 0 Å². The Balaban J connectivity index is 1.41. The van der Waals surface area contributed by atoms with Crippen LogP contribution >= 0.6 is 22.6 Å². The molecule has 2 aliphatic rings. The Morgan fingerprint density at radius 1 is 1.00 bits per heavy atom. The van der Waals surface area contributed by atoms with Crippen LogP contribution in [0.15, 0.2) is 78.2 Å². The Morgan fingerprint density at radius 3 is 2.61 bits per heavy atom. The molecule has 0 saturated heterocycles. The van der Waals surface area contributed by atoms with E-state index >= 15 is 0 Å². The molecule has 0 saturated carbocycles. The van der Waals surface area contributed by atoms with Gasteiger partial charge in [0.15, 0.2) is 23.0 Å². The number of allylic oxidation sites excluding steroid dienone is 1. The lowest BCUT2D eigenvalue weighted by molar-refractivity contribution is 0.174. The lowest BCUT2D eigenvalue weighted by Crippen LogP contribution is -2.21. The molecule has 0 unspecified atom stereocenters. The number of hydrogen-bond donors (Lipinski definition) is 1. The van der Waals surface area contributed by atoms with Crippen LogP contribution in [0.3, 0.4) is 0 Å². The minimum atomic E-state index is -0.474. The van der Waals surface area contributed by atoms with E-state index in [1.807, 2.05) is 43.3 Å². The molecular weight excluding hydrogens is 595 g/mol. The molecule has 2 aliphatic heterocycles. The lowest BCUT2D eigenvalue weighted by atomic mass is 9.83. The number of hydrogen-bond acceptors (Lipinski definition) is 7. The van der Waals surface area contributed by atoms with Gasteiger partial charge in [-0.1, -0.05) is 42.5 Å². The first-order valence-electron chi connectivity index (χ1n) is 12.1. The fourth-order valence-corrected chi connectivity index (χ4v) is 5.70. The molecule has 0 fully saturated rings. The summed E-state index contributed by atoms with van der Waals surface area (Å²) >= 11 is 2.25. The molecule has 2 heterocycles. The molecule has 0 bridgehead atoms. The second-order valence-corrected chi connectivity index (χ2v) is 10.0. The number of rotatable bonds is 6. The molecule has 0 spiro atoms. The molecule has 6 rings (SSSR count). The summed E-state index contributed by atoms with van der Waals surface area (Å²) in [6.45, 7) is 2.90. The van der Waals surface area contributed by atoms with Gasteiger partial charge in [-0.05, 0) is 69.6 Å². The van der Waals surface area contributed by atoms with Crippen molar-refractivity contribution >= 4 is 33.4 Å². The molecule has 38 heavy (non-hydrogen) atoms. The molecular formula is C30H23IN2O5. The van der Waals surface area contributed by atoms with Gasteiger partial charge < -0.3 is 29.4 Å². The minimum absolute atomic E-state index is 0.0631. The number of nitrogens with zero attached hydrogens (tertiary/aromatic N) is 1. The van der Waals surface area contributed by atoms with Crippen molar-refractivity contribution in [3.63, 3.8) is 0 Å². The summed E-state index contributed by atoms with van der Waals surface area (Å²) in [5.74, 6) is 2.55. The van der Waals surface area contributed by atoms with E-state index in [2.05, 4.69) is 52.9 Å². The molecule has 0 radical (unpaired) electrons. The average molecular weight is 618 g/mol. The summed E-state index contributed by atoms with van der Waals surface area (Å²) in [5.41, 5.74) is 9.21. The first-order valence-corrected chi connectivity index (χ1v) is 13.2. The molecule has 2 N–H and O–H groups in total. The Bertz CT molecular complexity index is 1640. The monoisotopic (exact) mass is 618 g/mol. The van der Waals surface area contributed by atoms with Gasteiger partial charge in [-0.3, -0.25) is 0 Å². The molecule has 0 amide bonds. The van der Waals surface area contributed by atoms with Crippen LogP contribution in [-0.2, 0) is 6.61 Å². The predicted molar refractivity (Wildman–Crippen MR) is 150 cm³/mol. The van der Waals surface area contributed by atoms with E-state index in [1.165, 1.54) is 0 Å². The molecule has 190 valence electrons. The zero-order chi connectivity index (χ0) is 26.2. The van der Waals surface area contributed by atoms with E-state index in [9.17, 15) is 5.26 Å². The molecule has 0 aliphatic carbocycles. The van der Waals surface area contributed by atoms with Crippen LogP contribution in [0, 0.1) is 14.9 Å². The zero-order valence-corrected chi connectivity index (χ0v) is 22.7. The summed E-state index contributed by atoms with van der Waals surface area (Å²) in [6, 6.07) is 24.2. The fraction of sp³-hybridized carbons (Fsp3) is 0.167. The van der Waals surface area contributed by atoms with E-state index in [0.29, 0.717) is 47.5 Å². The van der Waals surface area contributed by atoms with Crippen molar-refractivity contribution in [3.05, 3.63) is 98.4 Å². The molecule has 1 atom stereocenters. The van der Waals surface area contributed by atoms with Gasteiger partial charge in [0.1, 0.15) is 24.0 Å². The summed E-state index contributed by atoms with van der Waals surface area (Å²) < 4.78 is 30.2. The van der Waals surface area contributed by atoms with E-state index < -0.39 is 5.92 Å². The number of fused-ring (bicyclic) bond motifs is 3. The van der Waals surface area contributed by atoms with Crippen LogP contribution in [0.25, 0.3) is 10.8 Å². The number of ether oxygens (including phenoxy) is 5. The van der Waals surface area contributed by atoms with Crippen molar-refractivity contribution < 1.29 is 23.7 Å². The van der Waals surface area contributed by atoms with Crippen molar-refractivity contribution in [1.82, 2.24) is 0 Å². The van der Waals surface area contributed by atoms with Crippen molar-refractivity contribution in [3.8, 4) is 34.8 Å². The van der Waals surface area contributed by atoms with Crippen LogP contribution in [-0.4, -0.2) is 13.4 Å². The molecule has 7 nitrogen and oxygen atoms in total. The Labute approximate surface area is 233 Å². The maximum absolute atomic E-state index is 10.0. The Kier molecular flexibility index (Phi) is 6.37. The van der Waals surface area contributed by atoms with Gasteiger partial charge in [0, 0.05) is 11.6 Å². The van der Waals surface area contributed by atoms with Gasteiger partial charge in [0.25, 0.3) is 0 Å². The van der Waals surface area contributed by atoms with Gasteiger partial charge in [0.05, 0.1) is 16.1 Å². The normalized spacial score (nSPS) is 15.6. The highest BCUT2D eigenvalue weighted by Crippen LogP contribution is 2.49. The largest absolute Gasteiger partial charge is 0.490 e. The number of benzene rings is 4. The highest BCUT2D eigenvalue weighted by atomic mass is 127. The van der Waals surface area contributed by atoms with Crippen molar-refractivity contribution in [2.75, 3.05) is 13.4 Å². The second kappa shape index (κ2) is 9.99. The number of nitrogens with two attached hydrogens (primary N) is 1. The van der Waals surface area contributed by atoms with Gasteiger partial charge in [-0.2, -0.15) is 5.26 Å². The Hall–Kier alpha value is -4.10. The van der Waals surface area contributed by atoms with Crippen molar-refractivity contribution in [1.29, 1.82) is 5.26 Å². The number of nitriles is 1. The third-order valence-corrected chi connectivity index (χ3v) is 7.43. The van der Waals surface area contributed by atoms with E-state index in [-0.39, 0.29) is 12.7 Å². The quantitative estimate of drug-likeness (QED) is 0.251. The van der Waals surface area contributed by atoms with E-state index in [0.717, 1.165) is 31.0 Å². The first kappa shape index (κ1) is 24.2. The van der Waals surface area contributed by atoms with Crippen LogP contribution < -0.4 is 29.4 Å². The minimum Gasteiger partial charge on any atom is -0.490 e. The topological polar surface area (TPSA) is 96.0 Å². The fourth-order valence-electron chi connectivity index (χ4n) is 4.92. The lowest BCUT2D eigenvalue weighted by Gasteiger charge is -2.27. The number of halogens is 1. The van der Waals surface area contributed by atoms with Gasteiger partial charge >= 0.3 is 0 Å². The molecule has 0 aromatic heterocycles. The summed E-state index contributed by atoms with van der Waals surface area (Å²) in [4.78, 5) is 0. The van der Waals surface area contributed by atoms with Gasteiger partial charge in [-0.25, -0.2) is 0 Å². The smallest absolute Gasteiger partial charge is 0.231 e. The third-order valence-electron chi connectivity index (χ3n) is 6.63. The first-order chi connectivity index (χ1) is 18.6. The molecule has 8 heteroatoms. The van der Waals surface area contributed by atoms with Crippen molar-refractivity contribution in [2.45, 2.75) is 19.4 Å². The highest BCUT2D eigenvalue weighted by Gasteiger charge is 2.34. The maximum Gasteiger partial charge on any atom is 0.231 e. The predicted octanol–water partition coefficient (Wildman–Crippen LogP) is 6.37. The van der Waals surface area contributed by atoms with Crippen LogP contribution in [0.4, 0.5) is 0 Å². The van der Waals surface area contributed by atoms with Crippen LogP contribution in [0.5, 0.6) is 28.7 Å². The zero-order valence-electron chi connectivity index (χ0n) is 20.5. The molecule has 4 aromatic carbocycles. The van der Waals surface area contributed by atoms with Crippen LogP contribution in [0.1, 0.15) is 29.5 Å². The average Bonchev–Trinajstić information content (AvgIpc) is 3.38. The van der Waals surface area contributed by atoms with Gasteiger partial charge in [0.2, 0.25) is 12.7 Å². The summed E-state index contributed by atoms with van der Waals surface area (Å²) in [7, 11) is 0. The third kappa shape index (κ3) is 4.23. The summed E-state index contributed by atoms with van der Waals surface area (Å²) in [6.07, 6.45) is 0. The van der Waals surface area contributed by atoms with Crippen molar-refractivity contribution in [2.24, 2.45) is 5.73 Å². The molecule has 4 aromatic rings.